The Morgan fingerprint density at radius 3 is 2.14 bits per heavy atom. The highest BCUT2D eigenvalue weighted by atomic mass is 16.5. The number of ether oxygens (including phenoxy) is 4. The number of rotatable bonds is 10. The molecule has 1 N–H and O–H groups in total. The zero-order valence-corrected chi connectivity index (χ0v) is 17.9. The van der Waals surface area contributed by atoms with Gasteiger partial charge in [-0.15, -0.1) is 0 Å². The molecule has 0 fully saturated rings. The molecule has 0 spiro atoms. The first-order chi connectivity index (χ1) is 13.9. The van der Waals surface area contributed by atoms with Gasteiger partial charge in [0.25, 0.3) is 0 Å². The fourth-order valence-electron chi connectivity index (χ4n) is 3.14. The third-order valence-electron chi connectivity index (χ3n) is 4.68. The number of methoxy groups -OCH3 is 4. The van der Waals surface area contributed by atoms with Gasteiger partial charge in [-0.1, -0.05) is 12.1 Å². The minimum absolute atomic E-state index is 0.0222. The van der Waals surface area contributed by atoms with Crippen LogP contribution in [0.25, 0.3) is 0 Å². The molecule has 0 aliphatic rings. The molecule has 0 aromatic heterocycles. The zero-order valence-electron chi connectivity index (χ0n) is 17.9. The van der Waals surface area contributed by atoms with Crippen molar-refractivity contribution in [2.75, 3.05) is 49.1 Å². The van der Waals surface area contributed by atoms with E-state index in [1.807, 2.05) is 38.4 Å². The summed E-state index contributed by atoms with van der Waals surface area (Å²) in [6.07, 6.45) is 0.203. The van der Waals surface area contributed by atoms with Crippen LogP contribution in [-0.4, -0.2) is 59.9 Å². The monoisotopic (exact) mass is 402 g/mol. The first-order valence-corrected chi connectivity index (χ1v) is 9.29. The third kappa shape index (κ3) is 5.77. The van der Waals surface area contributed by atoms with E-state index in [0.717, 1.165) is 16.9 Å². The second kappa shape index (κ2) is 10.6. The highest BCUT2D eigenvalue weighted by Gasteiger charge is 2.18. The second-order valence-electron chi connectivity index (χ2n) is 6.77. The lowest BCUT2D eigenvalue weighted by Gasteiger charge is -2.25. The normalized spacial score (nSPS) is 11.7. The SMILES string of the molecule is COc1cccc([C@@H](CNC(=O)Cc2cc(OC)c(OC)c(OC)c2)N(C)C)c1. The second-order valence-corrected chi connectivity index (χ2v) is 6.77. The van der Waals surface area contributed by atoms with Crippen LogP contribution in [0.4, 0.5) is 0 Å². The molecule has 0 saturated carbocycles. The summed E-state index contributed by atoms with van der Waals surface area (Å²) in [4.78, 5) is 14.6. The Kier molecular flexibility index (Phi) is 8.15. The smallest absolute Gasteiger partial charge is 0.224 e. The van der Waals surface area contributed by atoms with Crippen LogP contribution in [0.3, 0.4) is 0 Å². The molecule has 7 nitrogen and oxygen atoms in total. The number of nitrogens with zero attached hydrogens (tertiary/aromatic N) is 1. The van der Waals surface area contributed by atoms with Gasteiger partial charge in [-0.3, -0.25) is 4.79 Å². The van der Waals surface area contributed by atoms with E-state index in [9.17, 15) is 4.79 Å². The van der Waals surface area contributed by atoms with Crippen LogP contribution in [0.1, 0.15) is 17.2 Å². The third-order valence-corrected chi connectivity index (χ3v) is 4.68. The van der Waals surface area contributed by atoms with E-state index in [4.69, 9.17) is 18.9 Å². The summed E-state index contributed by atoms with van der Waals surface area (Å²) in [5.41, 5.74) is 1.85. The number of likely N-dealkylation sites (N-methyl/N-ethyl adjacent to an activating group) is 1. The topological polar surface area (TPSA) is 69.3 Å². The Bertz CT molecular complexity index is 798. The Balaban J connectivity index is 2.09. The van der Waals surface area contributed by atoms with Gasteiger partial charge >= 0.3 is 0 Å². The van der Waals surface area contributed by atoms with Crippen LogP contribution in [0, 0.1) is 0 Å². The Hall–Kier alpha value is -2.93. The fourth-order valence-corrected chi connectivity index (χ4v) is 3.14. The lowest BCUT2D eigenvalue weighted by Crippen LogP contribution is -2.35. The zero-order chi connectivity index (χ0) is 21.4. The molecule has 1 amide bonds. The Morgan fingerprint density at radius 1 is 0.966 bits per heavy atom. The molecule has 0 bridgehead atoms. The lowest BCUT2D eigenvalue weighted by molar-refractivity contribution is -0.120. The average Bonchev–Trinajstić information content (AvgIpc) is 2.72. The van der Waals surface area contributed by atoms with Crippen LogP contribution in [-0.2, 0) is 11.2 Å². The maximum Gasteiger partial charge on any atom is 0.224 e. The predicted molar refractivity (Wildman–Crippen MR) is 112 cm³/mol. The minimum atomic E-state index is -0.0889. The van der Waals surface area contributed by atoms with Crippen molar-refractivity contribution in [2.45, 2.75) is 12.5 Å². The molecule has 0 heterocycles. The molecule has 0 unspecified atom stereocenters. The molecule has 29 heavy (non-hydrogen) atoms. The molecule has 0 radical (unpaired) electrons. The quantitative estimate of drug-likeness (QED) is 0.659. The van der Waals surface area contributed by atoms with Crippen molar-refractivity contribution in [2.24, 2.45) is 0 Å². The highest BCUT2D eigenvalue weighted by molar-refractivity contribution is 5.79. The number of amides is 1. The van der Waals surface area contributed by atoms with Gasteiger partial charge in [0.05, 0.1) is 40.9 Å². The van der Waals surface area contributed by atoms with Crippen LogP contribution in [0.15, 0.2) is 36.4 Å². The molecule has 2 aromatic rings. The summed E-state index contributed by atoms with van der Waals surface area (Å²) < 4.78 is 21.3. The number of benzene rings is 2. The van der Waals surface area contributed by atoms with Crippen LogP contribution < -0.4 is 24.3 Å². The van der Waals surface area contributed by atoms with E-state index in [-0.39, 0.29) is 18.4 Å². The number of hydrogen-bond donors (Lipinski definition) is 1. The van der Waals surface area contributed by atoms with Gasteiger partial charge in [0, 0.05) is 6.54 Å². The molecule has 158 valence electrons. The lowest BCUT2D eigenvalue weighted by atomic mass is 10.1. The summed E-state index contributed by atoms with van der Waals surface area (Å²) in [7, 11) is 10.3. The maximum atomic E-state index is 12.6. The molecular weight excluding hydrogens is 372 g/mol. The summed E-state index contributed by atoms with van der Waals surface area (Å²) in [5.74, 6) is 2.26. The largest absolute Gasteiger partial charge is 0.497 e. The predicted octanol–water partition coefficient (Wildman–Crippen LogP) is 2.68. The fraction of sp³-hybridized carbons (Fsp3) is 0.409. The highest BCUT2D eigenvalue weighted by Crippen LogP contribution is 2.38. The van der Waals surface area contributed by atoms with E-state index >= 15 is 0 Å². The van der Waals surface area contributed by atoms with E-state index in [0.29, 0.717) is 23.8 Å². The van der Waals surface area contributed by atoms with Crippen molar-refractivity contribution < 1.29 is 23.7 Å². The van der Waals surface area contributed by atoms with Crippen molar-refractivity contribution in [1.29, 1.82) is 0 Å². The van der Waals surface area contributed by atoms with Crippen LogP contribution >= 0.6 is 0 Å². The van der Waals surface area contributed by atoms with E-state index < -0.39 is 0 Å². The van der Waals surface area contributed by atoms with Gasteiger partial charge in [-0.2, -0.15) is 0 Å². The summed E-state index contributed by atoms with van der Waals surface area (Å²) in [6.45, 7) is 0.476. The van der Waals surface area contributed by atoms with Crippen molar-refractivity contribution in [1.82, 2.24) is 10.2 Å². The summed E-state index contributed by atoms with van der Waals surface area (Å²) >= 11 is 0. The van der Waals surface area contributed by atoms with Gasteiger partial charge in [0.15, 0.2) is 11.5 Å². The van der Waals surface area contributed by atoms with Crippen molar-refractivity contribution in [3.63, 3.8) is 0 Å². The first-order valence-electron chi connectivity index (χ1n) is 9.29. The van der Waals surface area contributed by atoms with Crippen molar-refractivity contribution in [3.05, 3.63) is 47.5 Å². The van der Waals surface area contributed by atoms with Gasteiger partial charge < -0.3 is 29.2 Å². The number of carbonyl (C=O) groups is 1. The number of hydrogen-bond acceptors (Lipinski definition) is 6. The Morgan fingerprint density at radius 2 is 1.62 bits per heavy atom. The average molecular weight is 402 g/mol. The maximum absolute atomic E-state index is 12.6. The van der Waals surface area contributed by atoms with Gasteiger partial charge in [-0.05, 0) is 49.5 Å². The minimum Gasteiger partial charge on any atom is -0.497 e. The Labute approximate surface area is 172 Å². The van der Waals surface area contributed by atoms with Gasteiger partial charge in [0.2, 0.25) is 11.7 Å². The van der Waals surface area contributed by atoms with Gasteiger partial charge in [-0.25, -0.2) is 0 Å². The molecule has 0 aliphatic carbocycles. The standard InChI is InChI=1S/C22H30N2O5/c1-24(2)18(16-8-7-9-17(13-16)26-3)14-23-21(25)12-15-10-19(27-4)22(29-6)20(11-15)28-5/h7-11,13,18H,12,14H2,1-6H3,(H,23,25)/t18-/m1/s1. The molecular formula is C22H30N2O5. The van der Waals surface area contributed by atoms with Crippen molar-refractivity contribution in [3.8, 4) is 23.0 Å². The van der Waals surface area contributed by atoms with E-state index in [1.54, 1.807) is 40.6 Å². The van der Waals surface area contributed by atoms with E-state index in [1.165, 1.54) is 0 Å². The molecule has 0 saturated heterocycles. The molecule has 2 aromatic carbocycles. The number of nitrogens with one attached hydrogen (secondary N) is 1. The summed E-state index contributed by atoms with van der Waals surface area (Å²) in [6, 6.07) is 11.4. The molecule has 1 atom stereocenters. The van der Waals surface area contributed by atoms with Crippen molar-refractivity contribution >= 4 is 5.91 Å². The van der Waals surface area contributed by atoms with Crippen LogP contribution in [0.5, 0.6) is 23.0 Å². The number of carbonyl (C=O) groups excluding carboxylic acids is 1. The first kappa shape index (κ1) is 22.4. The molecule has 7 heteroatoms. The van der Waals surface area contributed by atoms with Gasteiger partial charge in [0.1, 0.15) is 5.75 Å². The molecule has 0 aliphatic heterocycles. The van der Waals surface area contributed by atoms with Crippen LogP contribution in [0.2, 0.25) is 0 Å². The van der Waals surface area contributed by atoms with E-state index in [2.05, 4.69) is 10.2 Å². The summed E-state index contributed by atoms with van der Waals surface area (Å²) in [5, 5.41) is 3.02. The molecule has 2 rings (SSSR count).